The van der Waals surface area contributed by atoms with Crippen molar-refractivity contribution in [1.29, 1.82) is 0 Å². The monoisotopic (exact) mass is 299 g/mol. The lowest BCUT2D eigenvalue weighted by atomic mass is 10.2. The molecule has 0 radical (unpaired) electrons. The van der Waals surface area contributed by atoms with Crippen LogP contribution >= 0.6 is 0 Å². The molecule has 1 atom stereocenters. The average Bonchev–Trinajstić information content (AvgIpc) is 2.45. The predicted molar refractivity (Wildman–Crippen MR) is 60.8 cm³/mol. The molecule has 0 heterocycles. The van der Waals surface area contributed by atoms with Gasteiger partial charge < -0.3 is 15.2 Å². The standard InChI is InChI=1S/C12H14F5NO2/c1-2-19-6(5-18)3-4-20-12-10(16)8(14)7(13)9(15)11(12)17/h6H,2-5,18H2,1H3. The van der Waals surface area contributed by atoms with Crippen LogP contribution < -0.4 is 10.5 Å². The van der Waals surface area contributed by atoms with Gasteiger partial charge in [-0.2, -0.15) is 8.78 Å². The lowest BCUT2D eigenvalue weighted by molar-refractivity contribution is 0.0516. The van der Waals surface area contributed by atoms with E-state index in [2.05, 4.69) is 4.74 Å². The molecule has 1 aromatic rings. The summed E-state index contributed by atoms with van der Waals surface area (Å²) in [5.74, 6) is -11.6. The van der Waals surface area contributed by atoms with Crippen LogP contribution in [0.1, 0.15) is 13.3 Å². The summed E-state index contributed by atoms with van der Waals surface area (Å²) < 4.78 is 74.9. The molecular weight excluding hydrogens is 285 g/mol. The number of rotatable bonds is 7. The summed E-state index contributed by atoms with van der Waals surface area (Å²) in [5, 5.41) is 0. The second kappa shape index (κ2) is 7.39. The number of ether oxygens (including phenoxy) is 2. The van der Waals surface area contributed by atoms with Crippen molar-refractivity contribution in [3.63, 3.8) is 0 Å². The number of halogens is 5. The van der Waals surface area contributed by atoms with E-state index in [1.54, 1.807) is 6.92 Å². The molecule has 0 spiro atoms. The maximum Gasteiger partial charge on any atom is 0.206 e. The lowest BCUT2D eigenvalue weighted by Crippen LogP contribution is -2.26. The Balaban J connectivity index is 2.78. The van der Waals surface area contributed by atoms with E-state index in [0.717, 1.165) is 0 Å². The third-order valence-corrected chi connectivity index (χ3v) is 2.52. The van der Waals surface area contributed by atoms with Gasteiger partial charge in [0.1, 0.15) is 0 Å². The van der Waals surface area contributed by atoms with Crippen molar-refractivity contribution in [2.75, 3.05) is 19.8 Å². The highest BCUT2D eigenvalue weighted by Crippen LogP contribution is 2.29. The highest BCUT2D eigenvalue weighted by atomic mass is 19.2. The normalized spacial score (nSPS) is 12.6. The van der Waals surface area contributed by atoms with Crippen LogP contribution in [0.25, 0.3) is 0 Å². The molecule has 0 saturated heterocycles. The molecule has 0 saturated carbocycles. The maximum absolute atomic E-state index is 13.3. The van der Waals surface area contributed by atoms with Crippen LogP contribution in [0.3, 0.4) is 0 Å². The number of hydrogen-bond acceptors (Lipinski definition) is 3. The third kappa shape index (κ3) is 3.57. The van der Waals surface area contributed by atoms with Crippen molar-refractivity contribution in [3.8, 4) is 5.75 Å². The molecule has 2 N–H and O–H groups in total. The van der Waals surface area contributed by atoms with Crippen LogP contribution in [0.15, 0.2) is 0 Å². The first-order valence-electron chi connectivity index (χ1n) is 5.89. The van der Waals surface area contributed by atoms with Gasteiger partial charge in [0.15, 0.2) is 5.75 Å². The largest absolute Gasteiger partial charge is 0.487 e. The minimum absolute atomic E-state index is 0.147. The van der Waals surface area contributed by atoms with Crippen LogP contribution in [0.5, 0.6) is 5.75 Å². The highest BCUT2D eigenvalue weighted by molar-refractivity contribution is 5.29. The van der Waals surface area contributed by atoms with Crippen molar-refractivity contribution in [1.82, 2.24) is 0 Å². The van der Waals surface area contributed by atoms with Gasteiger partial charge in [-0.15, -0.1) is 0 Å². The van der Waals surface area contributed by atoms with Crippen molar-refractivity contribution < 1.29 is 31.4 Å². The number of benzene rings is 1. The van der Waals surface area contributed by atoms with Crippen LogP contribution in [0, 0.1) is 29.1 Å². The van der Waals surface area contributed by atoms with E-state index in [1.165, 1.54) is 0 Å². The molecule has 0 amide bonds. The van der Waals surface area contributed by atoms with Gasteiger partial charge in [-0.3, -0.25) is 0 Å². The quantitative estimate of drug-likeness (QED) is 0.478. The van der Waals surface area contributed by atoms with Crippen molar-refractivity contribution in [2.24, 2.45) is 5.73 Å². The Bertz CT molecular complexity index is 441. The summed E-state index contributed by atoms with van der Waals surface area (Å²) in [6, 6.07) is 0. The SMILES string of the molecule is CCOC(CN)CCOc1c(F)c(F)c(F)c(F)c1F. The van der Waals surface area contributed by atoms with E-state index in [0.29, 0.717) is 6.61 Å². The van der Waals surface area contributed by atoms with Gasteiger partial charge in [-0.25, -0.2) is 13.2 Å². The van der Waals surface area contributed by atoms with Gasteiger partial charge in [0, 0.05) is 19.6 Å². The fourth-order valence-electron chi connectivity index (χ4n) is 1.51. The molecule has 1 aromatic carbocycles. The Morgan fingerprint density at radius 1 is 0.950 bits per heavy atom. The molecule has 1 unspecified atom stereocenters. The Morgan fingerprint density at radius 3 is 1.90 bits per heavy atom. The second-order valence-electron chi connectivity index (χ2n) is 3.85. The molecule has 3 nitrogen and oxygen atoms in total. The van der Waals surface area contributed by atoms with E-state index in [4.69, 9.17) is 10.5 Å². The van der Waals surface area contributed by atoms with Gasteiger partial charge in [0.05, 0.1) is 12.7 Å². The molecule has 20 heavy (non-hydrogen) atoms. The van der Waals surface area contributed by atoms with Gasteiger partial charge in [0.2, 0.25) is 29.1 Å². The molecule has 114 valence electrons. The Kier molecular flexibility index (Phi) is 6.15. The van der Waals surface area contributed by atoms with Crippen LogP contribution in [0.4, 0.5) is 22.0 Å². The summed E-state index contributed by atoms with van der Waals surface area (Å²) in [4.78, 5) is 0. The zero-order valence-corrected chi connectivity index (χ0v) is 10.7. The molecular formula is C12H14F5NO2. The van der Waals surface area contributed by atoms with Crippen LogP contribution in [-0.4, -0.2) is 25.9 Å². The van der Waals surface area contributed by atoms with Gasteiger partial charge in [0.25, 0.3) is 0 Å². The second-order valence-corrected chi connectivity index (χ2v) is 3.85. The molecule has 0 aromatic heterocycles. The predicted octanol–water partition coefficient (Wildman–Crippen LogP) is 2.51. The van der Waals surface area contributed by atoms with Crippen molar-refractivity contribution in [3.05, 3.63) is 29.1 Å². The van der Waals surface area contributed by atoms with Crippen molar-refractivity contribution >= 4 is 0 Å². The lowest BCUT2D eigenvalue weighted by Gasteiger charge is -2.15. The number of nitrogens with two attached hydrogens (primary N) is 1. The van der Waals surface area contributed by atoms with E-state index in [1.807, 2.05) is 0 Å². The Hall–Kier alpha value is -1.41. The summed E-state index contributed by atoms with van der Waals surface area (Å²) in [6.07, 6.45) is -0.259. The summed E-state index contributed by atoms with van der Waals surface area (Å²) >= 11 is 0. The molecule has 1 rings (SSSR count). The minimum Gasteiger partial charge on any atom is -0.487 e. The van der Waals surface area contributed by atoms with Crippen molar-refractivity contribution in [2.45, 2.75) is 19.4 Å². The summed E-state index contributed by atoms with van der Waals surface area (Å²) in [6.45, 7) is 1.96. The zero-order chi connectivity index (χ0) is 15.3. The maximum atomic E-state index is 13.3. The average molecular weight is 299 g/mol. The van der Waals surface area contributed by atoms with Crippen LogP contribution in [-0.2, 0) is 4.74 Å². The zero-order valence-electron chi connectivity index (χ0n) is 10.7. The van der Waals surface area contributed by atoms with Gasteiger partial charge >= 0.3 is 0 Å². The van der Waals surface area contributed by atoms with E-state index in [-0.39, 0.29) is 19.6 Å². The Morgan fingerprint density at radius 2 is 1.45 bits per heavy atom. The van der Waals surface area contributed by atoms with E-state index < -0.39 is 40.9 Å². The highest BCUT2D eigenvalue weighted by Gasteiger charge is 2.27. The number of hydrogen-bond donors (Lipinski definition) is 1. The topological polar surface area (TPSA) is 44.5 Å². The first-order chi connectivity index (χ1) is 9.43. The summed E-state index contributed by atoms with van der Waals surface area (Å²) in [5.41, 5.74) is 5.37. The van der Waals surface area contributed by atoms with Gasteiger partial charge in [-0.05, 0) is 6.92 Å². The van der Waals surface area contributed by atoms with Crippen LogP contribution in [0.2, 0.25) is 0 Å². The van der Waals surface area contributed by atoms with Gasteiger partial charge in [-0.1, -0.05) is 0 Å². The molecule has 8 heteroatoms. The molecule has 0 bridgehead atoms. The molecule has 0 aliphatic carbocycles. The Labute approximate surface area is 112 Å². The first-order valence-corrected chi connectivity index (χ1v) is 5.89. The molecule has 0 fully saturated rings. The fourth-order valence-corrected chi connectivity index (χ4v) is 1.51. The molecule has 0 aliphatic rings. The fraction of sp³-hybridized carbons (Fsp3) is 0.500. The van der Waals surface area contributed by atoms with E-state index in [9.17, 15) is 22.0 Å². The smallest absolute Gasteiger partial charge is 0.206 e. The first kappa shape index (κ1) is 16.6. The third-order valence-electron chi connectivity index (χ3n) is 2.52. The molecule has 0 aliphatic heterocycles. The summed E-state index contributed by atoms with van der Waals surface area (Å²) in [7, 11) is 0. The van der Waals surface area contributed by atoms with E-state index >= 15 is 0 Å². The minimum atomic E-state index is -2.22.